The van der Waals surface area contributed by atoms with E-state index in [4.69, 9.17) is 13.9 Å². The summed E-state index contributed by atoms with van der Waals surface area (Å²) in [7, 11) is 1.80. The molecule has 2 amide bonds. The highest BCUT2D eigenvalue weighted by Crippen LogP contribution is 2.31. The summed E-state index contributed by atoms with van der Waals surface area (Å²) in [6, 6.07) is 8.87. The van der Waals surface area contributed by atoms with Crippen LogP contribution in [0.3, 0.4) is 0 Å². The molecular weight excluding hydrogens is 396 g/mol. The number of carbonyl (C=O) groups excluding carboxylic acids is 2. The number of furan rings is 1. The molecule has 0 radical (unpaired) electrons. The van der Waals surface area contributed by atoms with Gasteiger partial charge in [-0.1, -0.05) is 23.9 Å². The molecule has 0 unspecified atom stereocenters. The van der Waals surface area contributed by atoms with Crippen LogP contribution >= 0.6 is 11.8 Å². The minimum atomic E-state index is -0.885. The minimum absolute atomic E-state index is 0.00620. The molecule has 2 aromatic heterocycles. The van der Waals surface area contributed by atoms with Gasteiger partial charge in [-0.25, -0.2) is 0 Å². The van der Waals surface area contributed by atoms with E-state index < -0.39 is 17.9 Å². The standard InChI is InChI=1S/C19H18N4O5S/c1-11-12(7-8-26-11)17-21-22-19(23(17)2)29-10-16(24)20-18(25)15-9-27-13-5-3-4-6-14(13)28-15/h3-8,15H,9-10H2,1-2H3,(H,20,24,25)/t15-/m0/s1. The molecule has 3 heterocycles. The Morgan fingerprint density at radius 3 is 2.79 bits per heavy atom. The molecule has 150 valence electrons. The van der Waals surface area contributed by atoms with Crippen molar-refractivity contribution in [3.63, 3.8) is 0 Å². The zero-order valence-electron chi connectivity index (χ0n) is 15.7. The largest absolute Gasteiger partial charge is 0.485 e. The average Bonchev–Trinajstić information content (AvgIpc) is 3.30. The van der Waals surface area contributed by atoms with Gasteiger partial charge in [-0.15, -0.1) is 10.2 Å². The number of carbonyl (C=O) groups is 2. The molecule has 0 saturated heterocycles. The molecule has 0 spiro atoms. The Balaban J connectivity index is 1.32. The van der Waals surface area contributed by atoms with Crippen LogP contribution in [-0.2, 0) is 16.6 Å². The van der Waals surface area contributed by atoms with E-state index >= 15 is 0 Å². The van der Waals surface area contributed by atoms with Crippen LogP contribution in [0.15, 0.2) is 46.2 Å². The minimum Gasteiger partial charge on any atom is -0.485 e. The molecule has 1 N–H and O–H groups in total. The first-order valence-corrected chi connectivity index (χ1v) is 9.80. The molecule has 29 heavy (non-hydrogen) atoms. The lowest BCUT2D eigenvalue weighted by atomic mass is 10.2. The highest BCUT2D eigenvalue weighted by molar-refractivity contribution is 7.99. The van der Waals surface area contributed by atoms with E-state index in [1.165, 1.54) is 11.8 Å². The maximum Gasteiger partial charge on any atom is 0.271 e. The van der Waals surface area contributed by atoms with Crippen molar-refractivity contribution >= 4 is 23.6 Å². The summed E-state index contributed by atoms with van der Waals surface area (Å²) in [5.41, 5.74) is 0.834. The summed E-state index contributed by atoms with van der Waals surface area (Å²) < 4.78 is 18.2. The molecule has 0 bridgehead atoms. The first kappa shape index (κ1) is 19.1. The number of hydrogen-bond donors (Lipinski definition) is 1. The molecule has 10 heteroatoms. The van der Waals surface area contributed by atoms with Crippen LogP contribution < -0.4 is 14.8 Å². The third-order valence-electron chi connectivity index (χ3n) is 4.33. The summed E-state index contributed by atoms with van der Waals surface area (Å²) in [4.78, 5) is 24.5. The van der Waals surface area contributed by atoms with Gasteiger partial charge in [0.1, 0.15) is 12.4 Å². The Morgan fingerprint density at radius 1 is 1.24 bits per heavy atom. The van der Waals surface area contributed by atoms with Gasteiger partial charge in [-0.05, 0) is 25.1 Å². The zero-order valence-corrected chi connectivity index (χ0v) is 16.6. The number of benzene rings is 1. The van der Waals surface area contributed by atoms with Crippen molar-refractivity contribution in [2.24, 2.45) is 7.05 Å². The van der Waals surface area contributed by atoms with E-state index in [1.54, 1.807) is 36.1 Å². The Hall–Kier alpha value is -3.27. The lowest BCUT2D eigenvalue weighted by Gasteiger charge is -2.25. The first-order valence-electron chi connectivity index (χ1n) is 8.81. The maximum absolute atomic E-state index is 12.3. The average molecular weight is 414 g/mol. The van der Waals surface area contributed by atoms with Crippen LogP contribution in [0, 0.1) is 6.92 Å². The van der Waals surface area contributed by atoms with Gasteiger partial charge >= 0.3 is 0 Å². The zero-order chi connectivity index (χ0) is 20.4. The third-order valence-corrected chi connectivity index (χ3v) is 5.35. The van der Waals surface area contributed by atoms with Gasteiger partial charge in [-0.3, -0.25) is 14.9 Å². The first-order chi connectivity index (χ1) is 14.0. The van der Waals surface area contributed by atoms with E-state index in [2.05, 4.69) is 15.5 Å². The quantitative estimate of drug-likeness (QED) is 0.631. The number of aryl methyl sites for hydroxylation is 1. The maximum atomic E-state index is 12.3. The predicted molar refractivity (Wildman–Crippen MR) is 104 cm³/mol. The summed E-state index contributed by atoms with van der Waals surface area (Å²) in [6.07, 6.45) is 0.699. The summed E-state index contributed by atoms with van der Waals surface area (Å²) in [6.45, 7) is 1.88. The molecular formula is C19H18N4O5S. The van der Waals surface area contributed by atoms with Gasteiger partial charge in [0.05, 0.1) is 17.6 Å². The van der Waals surface area contributed by atoms with Crippen LogP contribution in [-0.4, -0.2) is 45.0 Å². The van der Waals surface area contributed by atoms with Gasteiger partial charge in [0.25, 0.3) is 5.91 Å². The van der Waals surface area contributed by atoms with Gasteiger partial charge < -0.3 is 18.5 Å². The van der Waals surface area contributed by atoms with Crippen molar-refractivity contribution < 1.29 is 23.5 Å². The van der Waals surface area contributed by atoms with Crippen LogP contribution in [0.2, 0.25) is 0 Å². The van der Waals surface area contributed by atoms with E-state index in [9.17, 15) is 9.59 Å². The van der Waals surface area contributed by atoms with Crippen LogP contribution in [0.25, 0.3) is 11.4 Å². The fraction of sp³-hybridized carbons (Fsp3) is 0.263. The molecule has 1 aliphatic rings. The molecule has 0 fully saturated rings. The molecule has 1 aliphatic heterocycles. The van der Waals surface area contributed by atoms with Crippen molar-refractivity contribution in [2.75, 3.05) is 12.4 Å². The lowest BCUT2D eigenvalue weighted by Crippen LogP contribution is -2.46. The van der Waals surface area contributed by atoms with E-state index in [0.717, 1.165) is 11.3 Å². The van der Waals surface area contributed by atoms with Crippen molar-refractivity contribution in [3.8, 4) is 22.9 Å². The summed E-state index contributed by atoms with van der Waals surface area (Å²) in [5.74, 6) is 1.43. The smallest absolute Gasteiger partial charge is 0.271 e. The number of imide groups is 1. The fourth-order valence-electron chi connectivity index (χ4n) is 2.82. The number of ether oxygens (including phenoxy) is 2. The Morgan fingerprint density at radius 2 is 2.03 bits per heavy atom. The monoisotopic (exact) mass is 414 g/mol. The van der Waals surface area contributed by atoms with E-state index in [-0.39, 0.29) is 12.4 Å². The second kappa shape index (κ2) is 8.00. The molecule has 1 atom stereocenters. The second-order valence-corrected chi connectivity index (χ2v) is 7.26. The molecule has 9 nitrogen and oxygen atoms in total. The van der Waals surface area contributed by atoms with Gasteiger partial charge in [-0.2, -0.15) is 0 Å². The lowest BCUT2D eigenvalue weighted by molar-refractivity contribution is -0.135. The van der Waals surface area contributed by atoms with E-state index in [1.807, 2.05) is 19.1 Å². The number of thioether (sulfide) groups is 1. The number of hydrogen-bond acceptors (Lipinski definition) is 8. The Bertz CT molecular complexity index is 1060. The normalized spacial score (nSPS) is 15.2. The van der Waals surface area contributed by atoms with Crippen molar-refractivity contribution in [2.45, 2.75) is 18.2 Å². The predicted octanol–water partition coefficient (Wildman–Crippen LogP) is 1.96. The molecule has 4 rings (SSSR count). The highest BCUT2D eigenvalue weighted by atomic mass is 32.2. The summed E-state index contributed by atoms with van der Waals surface area (Å²) in [5, 5.41) is 11.1. The molecule has 3 aromatic rings. The Kier molecular flexibility index (Phi) is 5.26. The fourth-order valence-corrected chi connectivity index (χ4v) is 3.54. The van der Waals surface area contributed by atoms with Crippen LogP contribution in [0.1, 0.15) is 5.76 Å². The van der Waals surface area contributed by atoms with Crippen LogP contribution in [0.5, 0.6) is 11.5 Å². The topological polar surface area (TPSA) is 108 Å². The van der Waals surface area contributed by atoms with E-state index in [0.29, 0.717) is 22.5 Å². The molecule has 1 aromatic carbocycles. The molecule has 0 aliphatic carbocycles. The number of rotatable bonds is 5. The van der Waals surface area contributed by atoms with Gasteiger partial charge in [0.2, 0.25) is 12.0 Å². The number of nitrogens with one attached hydrogen (secondary N) is 1. The van der Waals surface area contributed by atoms with Crippen LogP contribution in [0.4, 0.5) is 0 Å². The number of fused-ring (bicyclic) bond motifs is 1. The van der Waals surface area contributed by atoms with Crippen molar-refractivity contribution in [1.29, 1.82) is 0 Å². The summed E-state index contributed by atoms with van der Waals surface area (Å²) >= 11 is 1.18. The number of aromatic nitrogens is 3. The Labute approximate surface area is 170 Å². The highest BCUT2D eigenvalue weighted by Gasteiger charge is 2.28. The van der Waals surface area contributed by atoms with Gasteiger partial charge in [0.15, 0.2) is 22.5 Å². The number of nitrogens with zero attached hydrogens (tertiary/aromatic N) is 3. The number of amides is 2. The molecule has 0 saturated carbocycles. The SMILES string of the molecule is Cc1occc1-c1nnc(SCC(=O)NC(=O)[C@@H]2COc3ccccc3O2)n1C. The second-order valence-electron chi connectivity index (χ2n) is 6.32. The van der Waals surface area contributed by atoms with Crippen molar-refractivity contribution in [1.82, 2.24) is 20.1 Å². The number of para-hydroxylation sites is 2. The van der Waals surface area contributed by atoms with Crippen molar-refractivity contribution in [3.05, 3.63) is 42.4 Å². The van der Waals surface area contributed by atoms with Gasteiger partial charge in [0, 0.05) is 7.05 Å². The third kappa shape index (κ3) is 3.97.